The van der Waals surface area contributed by atoms with Crippen LogP contribution in [0.1, 0.15) is 38.3 Å². The quantitative estimate of drug-likeness (QED) is 0.839. The first kappa shape index (κ1) is 15.2. The van der Waals surface area contributed by atoms with Crippen LogP contribution in [0.15, 0.2) is 24.3 Å². The third kappa shape index (κ3) is 6.18. The molecule has 1 aromatic carbocycles. The second-order valence-corrected chi connectivity index (χ2v) is 5.99. The standard InChI is InChI=1S/C16H26O2/c1-13-6-5-7-14(10-13)11-15(12-17)8-9-18-16(2,3)4/h5-7,10,15,17H,8-9,11-12H2,1-4H3. The maximum atomic E-state index is 9.43. The molecule has 1 rings (SSSR count). The summed E-state index contributed by atoms with van der Waals surface area (Å²) >= 11 is 0. The largest absolute Gasteiger partial charge is 0.396 e. The summed E-state index contributed by atoms with van der Waals surface area (Å²) < 4.78 is 5.71. The molecule has 1 unspecified atom stereocenters. The van der Waals surface area contributed by atoms with Crippen molar-refractivity contribution in [3.63, 3.8) is 0 Å². The molecule has 0 aliphatic carbocycles. The summed E-state index contributed by atoms with van der Waals surface area (Å²) in [7, 11) is 0. The average molecular weight is 250 g/mol. The van der Waals surface area contributed by atoms with Crippen molar-refractivity contribution < 1.29 is 9.84 Å². The molecule has 102 valence electrons. The molecular formula is C16H26O2. The highest BCUT2D eigenvalue weighted by atomic mass is 16.5. The van der Waals surface area contributed by atoms with Gasteiger partial charge in [0, 0.05) is 13.2 Å². The molecule has 0 aromatic heterocycles. The van der Waals surface area contributed by atoms with Crippen molar-refractivity contribution in [1.82, 2.24) is 0 Å². The minimum Gasteiger partial charge on any atom is -0.396 e. The van der Waals surface area contributed by atoms with Gasteiger partial charge in [0.1, 0.15) is 0 Å². The fourth-order valence-electron chi connectivity index (χ4n) is 1.96. The van der Waals surface area contributed by atoms with Crippen LogP contribution in [0.3, 0.4) is 0 Å². The molecule has 0 aliphatic rings. The van der Waals surface area contributed by atoms with Gasteiger partial charge in [-0.25, -0.2) is 0 Å². The molecular weight excluding hydrogens is 224 g/mol. The number of aliphatic hydroxyl groups is 1. The molecule has 0 fully saturated rings. The SMILES string of the molecule is Cc1cccc(CC(CO)CCOC(C)(C)C)c1. The van der Waals surface area contributed by atoms with E-state index in [1.165, 1.54) is 11.1 Å². The Kier molecular flexibility index (Phi) is 5.83. The van der Waals surface area contributed by atoms with E-state index in [0.717, 1.165) is 12.8 Å². The van der Waals surface area contributed by atoms with Crippen LogP contribution in [0.2, 0.25) is 0 Å². The molecule has 0 saturated carbocycles. The number of hydrogen-bond acceptors (Lipinski definition) is 2. The van der Waals surface area contributed by atoms with E-state index < -0.39 is 0 Å². The molecule has 0 saturated heterocycles. The lowest BCUT2D eigenvalue weighted by atomic mass is 9.96. The van der Waals surface area contributed by atoms with Gasteiger partial charge in [0.2, 0.25) is 0 Å². The van der Waals surface area contributed by atoms with Gasteiger partial charge in [-0.05, 0) is 52.0 Å². The first-order valence-corrected chi connectivity index (χ1v) is 6.71. The van der Waals surface area contributed by atoms with Gasteiger partial charge in [-0.1, -0.05) is 29.8 Å². The van der Waals surface area contributed by atoms with Crippen molar-refractivity contribution in [2.45, 2.75) is 46.1 Å². The highest BCUT2D eigenvalue weighted by molar-refractivity contribution is 5.22. The van der Waals surface area contributed by atoms with Crippen molar-refractivity contribution in [2.75, 3.05) is 13.2 Å². The second kappa shape index (κ2) is 6.91. The van der Waals surface area contributed by atoms with Gasteiger partial charge in [0.05, 0.1) is 5.60 Å². The number of rotatable bonds is 6. The molecule has 0 amide bonds. The molecule has 2 heteroatoms. The van der Waals surface area contributed by atoms with Gasteiger partial charge in [-0.2, -0.15) is 0 Å². The predicted molar refractivity (Wildman–Crippen MR) is 75.8 cm³/mol. The molecule has 1 aromatic rings. The minimum atomic E-state index is -0.0939. The maximum Gasteiger partial charge on any atom is 0.0598 e. The van der Waals surface area contributed by atoms with Crippen LogP contribution in [0.4, 0.5) is 0 Å². The van der Waals surface area contributed by atoms with Crippen molar-refractivity contribution >= 4 is 0 Å². The van der Waals surface area contributed by atoms with E-state index >= 15 is 0 Å². The van der Waals surface area contributed by atoms with Crippen molar-refractivity contribution in [3.05, 3.63) is 35.4 Å². The Bertz CT molecular complexity index is 352. The van der Waals surface area contributed by atoms with E-state index in [2.05, 4.69) is 52.0 Å². The Balaban J connectivity index is 2.42. The molecule has 18 heavy (non-hydrogen) atoms. The smallest absolute Gasteiger partial charge is 0.0598 e. The van der Waals surface area contributed by atoms with Crippen LogP contribution in [-0.2, 0) is 11.2 Å². The zero-order valence-electron chi connectivity index (χ0n) is 12.1. The fraction of sp³-hybridized carbons (Fsp3) is 0.625. The van der Waals surface area contributed by atoms with E-state index in [-0.39, 0.29) is 18.1 Å². The third-order valence-electron chi connectivity index (χ3n) is 2.93. The van der Waals surface area contributed by atoms with Gasteiger partial charge >= 0.3 is 0 Å². The van der Waals surface area contributed by atoms with E-state index in [4.69, 9.17) is 4.74 Å². The number of aryl methyl sites for hydroxylation is 1. The van der Waals surface area contributed by atoms with Crippen molar-refractivity contribution in [1.29, 1.82) is 0 Å². The molecule has 2 nitrogen and oxygen atoms in total. The first-order valence-electron chi connectivity index (χ1n) is 6.71. The molecule has 0 heterocycles. The molecule has 0 aliphatic heterocycles. The Morgan fingerprint density at radius 3 is 2.56 bits per heavy atom. The molecule has 0 spiro atoms. The summed E-state index contributed by atoms with van der Waals surface area (Å²) in [6, 6.07) is 8.48. The van der Waals surface area contributed by atoms with Gasteiger partial charge in [-0.15, -0.1) is 0 Å². The highest BCUT2D eigenvalue weighted by Gasteiger charge is 2.13. The third-order valence-corrected chi connectivity index (χ3v) is 2.93. The summed E-state index contributed by atoms with van der Waals surface area (Å²) in [5.74, 6) is 0.286. The minimum absolute atomic E-state index is 0.0939. The Morgan fingerprint density at radius 2 is 2.00 bits per heavy atom. The van der Waals surface area contributed by atoms with Gasteiger partial charge < -0.3 is 9.84 Å². The summed E-state index contributed by atoms with van der Waals surface area (Å²) in [6.45, 7) is 9.20. The summed E-state index contributed by atoms with van der Waals surface area (Å²) in [5.41, 5.74) is 2.48. The topological polar surface area (TPSA) is 29.5 Å². The van der Waals surface area contributed by atoms with Crippen LogP contribution >= 0.6 is 0 Å². The van der Waals surface area contributed by atoms with E-state index in [0.29, 0.717) is 6.61 Å². The fourth-order valence-corrected chi connectivity index (χ4v) is 1.96. The van der Waals surface area contributed by atoms with Crippen molar-refractivity contribution in [2.24, 2.45) is 5.92 Å². The van der Waals surface area contributed by atoms with Crippen molar-refractivity contribution in [3.8, 4) is 0 Å². The maximum absolute atomic E-state index is 9.43. The highest BCUT2D eigenvalue weighted by Crippen LogP contribution is 2.15. The van der Waals surface area contributed by atoms with Gasteiger partial charge in [0.15, 0.2) is 0 Å². The summed E-state index contributed by atoms with van der Waals surface area (Å²) in [5, 5.41) is 9.43. The Morgan fingerprint density at radius 1 is 1.28 bits per heavy atom. The summed E-state index contributed by atoms with van der Waals surface area (Å²) in [6.07, 6.45) is 1.83. The average Bonchev–Trinajstić information content (AvgIpc) is 2.26. The molecule has 0 radical (unpaired) electrons. The monoisotopic (exact) mass is 250 g/mol. The number of ether oxygens (including phenoxy) is 1. The predicted octanol–water partition coefficient (Wildman–Crippen LogP) is 3.35. The van der Waals surface area contributed by atoms with Crippen LogP contribution in [0.5, 0.6) is 0 Å². The molecule has 0 bridgehead atoms. The van der Waals surface area contributed by atoms with Crippen LogP contribution < -0.4 is 0 Å². The Hall–Kier alpha value is -0.860. The zero-order valence-corrected chi connectivity index (χ0v) is 12.1. The van der Waals surface area contributed by atoms with E-state index in [1.807, 2.05) is 0 Å². The van der Waals surface area contributed by atoms with E-state index in [9.17, 15) is 5.11 Å². The lowest BCUT2D eigenvalue weighted by molar-refractivity contribution is -0.0121. The zero-order chi connectivity index (χ0) is 13.6. The second-order valence-electron chi connectivity index (χ2n) is 5.99. The number of benzene rings is 1. The lowest BCUT2D eigenvalue weighted by Crippen LogP contribution is -2.22. The van der Waals surface area contributed by atoms with Crippen LogP contribution in [0.25, 0.3) is 0 Å². The lowest BCUT2D eigenvalue weighted by Gasteiger charge is -2.21. The number of hydrogen-bond donors (Lipinski definition) is 1. The normalized spacial score (nSPS) is 13.6. The number of aliphatic hydroxyl groups excluding tert-OH is 1. The Labute approximate surface area is 111 Å². The van der Waals surface area contributed by atoms with Gasteiger partial charge in [-0.3, -0.25) is 0 Å². The van der Waals surface area contributed by atoms with Crippen LogP contribution in [0, 0.1) is 12.8 Å². The summed E-state index contributed by atoms with van der Waals surface area (Å²) in [4.78, 5) is 0. The van der Waals surface area contributed by atoms with E-state index in [1.54, 1.807) is 0 Å². The van der Waals surface area contributed by atoms with Crippen LogP contribution in [-0.4, -0.2) is 23.9 Å². The first-order chi connectivity index (χ1) is 8.40. The molecule has 1 N–H and O–H groups in total. The van der Waals surface area contributed by atoms with Gasteiger partial charge in [0.25, 0.3) is 0 Å². The molecule has 1 atom stereocenters.